The van der Waals surface area contributed by atoms with Crippen molar-refractivity contribution in [3.8, 4) is 11.1 Å². The minimum absolute atomic E-state index is 0.0284. The number of carbonyl (C=O) groups is 4. The molecule has 0 aliphatic rings. The molecule has 0 radical (unpaired) electrons. The number of halogens is 1. The number of benzene rings is 2. The van der Waals surface area contributed by atoms with Gasteiger partial charge in [0.1, 0.15) is 6.04 Å². The van der Waals surface area contributed by atoms with Gasteiger partial charge in [-0.15, -0.1) is 0 Å². The largest absolute Gasteiger partial charge is 0.392 e. The van der Waals surface area contributed by atoms with Crippen molar-refractivity contribution < 1.29 is 28.3 Å². The third kappa shape index (κ3) is 8.57. The van der Waals surface area contributed by atoms with E-state index in [2.05, 4.69) is 5.32 Å². The number of amides is 1. The normalized spacial score (nSPS) is 12.6. The topological polar surface area (TPSA) is 116 Å². The van der Waals surface area contributed by atoms with E-state index in [9.17, 15) is 23.6 Å². The Bertz CT molecular complexity index is 976. The highest BCUT2D eigenvalue weighted by atomic mass is 19.1. The van der Waals surface area contributed by atoms with Crippen molar-refractivity contribution in [2.45, 2.75) is 51.9 Å². The van der Waals surface area contributed by atoms with E-state index in [1.807, 2.05) is 68.4 Å². The third-order valence-electron chi connectivity index (χ3n) is 4.88. The molecule has 2 rings (SSSR count). The predicted octanol–water partition coefficient (Wildman–Crippen LogP) is 3.10. The van der Waals surface area contributed by atoms with Crippen LogP contribution in [-0.4, -0.2) is 36.0 Å². The molecule has 1 unspecified atom stereocenters. The number of alkyl halides is 1. The van der Waals surface area contributed by atoms with Gasteiger partial charge >= 0.3 is 11.9 Å². The first-order valence-corrected chi connectivity index (χ1v) is 10.8. The molecule has 8 heteroatoms. The first-order valence-electron chi connectivity index (χ1n) is 10.8. The minimum atomic E-state index is -2.18. The summed E-state index contributed by atoms with van der Waals surface area (Å²) in [7, 11) is 0. The van der Waals surface area contributed by atoms with E-state index < -0.39 is 48.8 Å². The number of Topliss-reactive ketones (excluding diaryl/α,β-unsaturated/α-hetero) is 1. The molecule has 7 nitrogen and oxygen atoms in total. The summed E-state index contributed by atoms with van der Waals surface area (Å²) in [6.45, 7) is 3.72. The fourth-order valence-electron chi connectivity index (χ4n) is 3.28. The van der Waals surface area contributed by atoms with Gasteiger partial charge in [-0.3, -0.25) is 20.1 Å². The van der Waals surface area contributed by atoms with Gasteiger partial charge in [-0.2, -0.15) is 0 Å². The summed E-state index contributed by atoms with van der Waals surface area (Å²) < 4.78 is 17.5. The van der Waals surface area contributed by atoms with Crippen molar-refractivity contribution in [1.82, 2.24) is 5.32 Å². The van der Waals surface area contributed by atoms with E-state index in [4.69, 9.17) is 10.5 Å². The summed E-state index contributed by atoms with van der Waals surface area (Å²) in [5.74, 6) is -3.22. The molecule has 0 heterocycles. The van der Waals surface area contributed by atoms with Crippen LogP contribution in [-0.2, 0) is 30.3 Å². The quantitative estimate of drug-likeness (QED) is 0.305. The molecule has 176 valence electrons. The van der Waals surface area contributed by atoms with E-state index in [0.29, 0.717) is 0 Å². The lowest BCUT2D eigenvalue weighted by Crippen LogP contribution is -2.44. The lowest BCUT2D eigenvalue weighted by Gasteiger charge is -2.19. The molecule has 0 spiro atoms. The van der Waals surface area contributed by atoms with Crippen LogP contribution in [0, 0.1) is 5.92 Å². The number of nitrogens with two attached hydrogens (primary N) is 1. The molecule has 0 saturated carbocycles. The number of rotatable bonds is 11. The van der Waals surface area contributed by atoms with Gasteiger partial charge in [0.2, 0.25) is 12.2 Å². The lowest BCUT2D eigenvalue weighted by atomic mass is 9.97. The highest BCUT2D eigenvalue weighted by Gasteiger charge is 2.26. The van der Waals surface area contributed by atoms with Crippen LogP contribution in [0.4, 0.5) is 4.39 Å². The fourth-order valence-corrected chi connectivity index (χ4v) is 3.28. The number of esters is 2. The molecule has 0 saturated heterocycles. The van der Waals surface area contributed by atoms with Crippen LogP contribution < -0.4 is 11.1 Å². The molecule has 3 N–H and O–H groups in total. The van der Waals surface area contributed by atoms with Crippen molar-refractivity contribution in [3.63, 3.8) is 0 Å². The maximum absolute atomic E-state index is 12.8. The highest BCUT2D eigenvalue weighted by molar-refractivity contribution is 5.93. The molecular weight excluding hydrogens is 427 g/mol. The Balaban J connectivity index is 2.04. The molecule has 2 aromatic rings. The molecule has 33 heavy (non-hydrogen) atoms. The first-order chi connectivity index (χ1) is 15.7. The summed E-state index contributed by atoms with van der Waals surface area (Å²) in [4.78, 5) is 48.4. The summed E-state index contributed by atoms with van der Waals surface area (Å²) in [5, 5.41) is 2.65. The molecule has 2 atom stereocenters. The molecule has 1 amide bonds. The number of nitrogens with one attached hydrogen (secondary N) is 1. The van der Waals surface area contributed by atoms with Crippen molar-refractivity contribution in [3.05, 3.63) is 60.2 Å². The first kappa shape index (κ1) is 25.9. The second-order valence-corrected chi connectivity index (χ2v) is 8.11. The Morgan fingerprint density at radius 1 is 0.970 bits per heavy atom. The molecule has 2 aromatic carbocycles. The number of ether oxygens (including phenoxy) is 1. The smallest absolute Gasteiger partial charge is 0.336 e. The zero-order valence-corrected chi connectivity index (χ0v) is 18.8. The van der Waals surface area contributed by atoms with Crippen molar-refractivity contribution in [2.24, 2.45) is 11.7 Å². The lowest BCUT2D eigenvalue weighted by molar-refractivity contribution is -0.162. The van der Waals surface area contributed by atoms with Gasteiger partial charge in [0.05, 0.1) is 12.8 Å². The second kappa shape index (κ2) is 12.6. The number of hydrogen-bond acceptors (Lipinski definition) is 6. The van der Waals surface area contributed by atoms with Crippen molar-refractivity contribution >= 4 is 23.6 Å². The van der Waals surface area contributed by atoms with E-state index in [-0.39, 0.29) is 18.8 Å². The van der Waals surface area contributed by atoms with Crippen LogP contribution in [0.5, 0.6) is 0 Å². The molecule has 0 fully saturated rings. The van der Waals surface area contributed by atoms with Gasteiger partial charge in [-0.05, 0) is 29.0 Å². The molecule has 0 aliphatic heterocycles. The Labute approximate surface area is 192 Å². The van der Waals surface area contributed by atoms with E-state index in [1.165, 1.54) is 0 Å². The van der Waals surface area contributed by atoms with Crippen molar-refractivity contribution in [1.29, 1.82) is 0 Å². The standard InChI is InChI=1S/C25H29FN2O5/c1-16(2)14-20(25(32)33-23(31)13-12-21(29)24(26)27)28-22(30)15-18-10-6-7-11-19(18)17-8-4-3-5-9-17/h3-11,16,20,24H,12-15,27H2,1-2H3,(H,28,30)/t20-,24?/m0/s1. The van der Waals surface area contributed by atoms with Crippen LogP contribution in [0.3, 0.4) is 0 Å². The van der Waals surface area contributed by atoms with Crippen LogP contribution in [0.2, 0.25) is 0 Å². The zero-order chi connectivity index (χ0) is 24.4. The minimum Gasteiger partial charge on any atom is -0.392 e. The van der Waals surface area contributed by atoms with Gasteiger partial charge in [0.25, 0.3) is 0 Å². The van der Waals surface area contributed by atoms with Gasteiger partial charge in [0.15, 0.2) is 5.78 Å². The second-order valence-electron chi connectivity index (χ2n) is 8.11. The third-order valence-corrected chi connectivity index (χ3v) is 4.88. The van der Waals surface area contributed by atoms with Gasteiger partial charge in [0, 0.05) is 6.42 Å². The zero-order valence-electron chi connectivity index (χ0n) is 18.8. The van der Waals surface area contributed by atoms with E-state index in [1.54, 1.807) is 0 Å². The van der Waals surface area contributed by atoms with E-state index in [0.717, 1.165) is 16.7 Å². The average molecular weight is 457 g/mol. The molecule has 0 aromatic heterocycles. The maximum atomic E-state index is 12.8. The maximum Gasteiger partial charge on any atom is 0.336 e. The van der Waals surface area contributed by atoms with Gasteiger partial charge < -0.3 is 10.1 Å². The highest BCUT2D eigenvalue weighted by Crippen LogP contribution is 2.23. The monoisotopic (exact) mass is 456 g/mol. The van der Waals surface area contributed by atoms with Crippen LogP contribution in [0.25, 0.3) is 11.1 Å². The number of ketones is 1. The Hall–Kier alpha value is -3.39. The number of carbonyl (C=O) groups excluding carboxylic acids is 4. The van der Waals surface area contributed by atoms with Gasteiger partial charge in [-0.1, -0.05) is 68.4 Å². The summed E-state index contributed by atoms with van der Waals surface area (Å²) in [6.07, 6.45) is -2.84. The van der Waals surface area contributed by atoms with Gasteiger partial charge in [-0.25, -0.2) is 9.18 Å². The molecule has 0 aliphatic carbocycles. The fraction of sp³-hybridized carbons (Fsp3) is 0.360. The number of hydrogen-bond donors (Lipinski definition) is 2. The van der Waals surface area contributed by atoms with Crippen LogP contribution in [0.15, 0.2) is 54.6 Å². The van der Waals surface area contributed by atoms with Crippen LogP contribution in [0.1, 0.15) is 38.7 Å². The van der Waals surface area contributed by atoms with Crippen LogP contribution >= 0.6 is 0 Å². The van der Waals surface area contributed by atoms with Crippen molar-refractivity contribution in [2.75, 3.05) is 0 Å². The Kier molecular flexibility index (Phi) is 9.87. The van der Waals surface area contributed by atoms with E-state index >= 15 is 0 Å². The Morgan fingerprint density at radius 2 is 1.61 bits per heavy atom. The molecule has 0 bridgehead atoms. The summed E-state index contributed by atoms with van der Waals surface area (Å²) >= 11 is 0. The summed E-state index contributed by atoms with van der Waals surface area (Å²) in [5.41, 5.74) is 7.47. The predicted molar refractivity (Wildman–Crippen MR) is 121 cm³/mol. The molecular formula is C25H29FN2O5. The average Bonchev–Trinajstić information content (AvgIpc) is 2.77. The Morgan fingerprint density at radius 3 is 2.24 bits per heavy atom. The SMILES string of the molecule is CC(C)C[C@H](NC(=O)Cc1ccccc1-c1ccccc1)C(=O)OC(=O)CCC(=O)C(N)F. The summed E-state index contributed by atoms with van der Waals surface area (Å²) in [6, 6.07) is 16.1.